The zero-order valence-electron chi connectivity index (χ0n) is 11.8. The highest BCUT2D eigenvalue weighted by Gasteiger charge is 2.32. The SMILES string of the molecule is CCCN1CCCC1C(=O)OCC(C)(C)CC. The van der Waals surface area contributed by atoms with E-state index in [0.29, 0.717) is 6.61 Å². The van der Waals surface area contributed by atoms with Gasteiger partial charge in [-0.2, -0.15) is 0 Å². The number of rotatable bonds is 6. The van der Waals surface area contributed by atoms with Crippen molar-refractivity contribution in [2.45, 2.75) is 59.4 Å². The van der Waals surface area contributed by atoms with Crippen LogP contribution in [0.5, 0.6) is 0 Å². The van der Waals surface area contributed by atoms with E-state index in [0.717, 1.165) is 38.8 Å². The van der Waals surface area contributed by atoms with E-state index in [4.69, 9.17) is 4.74 Å². The van der Waals surface area contributed by atoms with Crippen LogP contribution < -0.4 is 0 Å². The molecular formula is C14H27NO2. The van der Waals surface area contributed by atoms with Crippen molar-refractivity contribution in [1.82, 2.24) is 4.90 Å². The molecule has 1 fully saturated rings. The fourth-order valence-corrected chi connectivity index (χ4v) is 2.11. The molecule has 0 radical (unpaired) electrons. The summed E-state index contributed by atoms with van der Waals surface area (Å²) in [6.45, 7) is 11.2. The van der Waals surface area contributed by atoms with E-state index in [-0.39, 0.29) is 17.4 Å². The maximum atomic E-state index is 12.0. The standard InChI is InChI=1S/C14H27NO2/c1-5-9-15-10-7-8-12(15)13(16)17-11-14(3,4)6-2/h12H,5-11H2,1-4H3. The Hall–Kier alpha value is -0.570. The lowest BCUT2D eigenvalue weighted by Gasteiger charge is -2.26. The van der Waals surface area contributed by atoms with Crippen LogP contribution in [-0.4, -0.2) is 36.6 Å². The van der Waals surface area contributed by atoms with Crippen LogP contribution in [0.2, 0.25) is 0 Å². The smallest absolute Gasteiger partial charge is 0.323 e. The van der Waals surface area contributed by atoms with E-state index in [1.54, 1.807) is 0 Å². The molecule has 0 aromatic carbocycles. The third-order valence-electron chi connectivity index (χ3n) is 3.71. The average Bonchev–Trinajstić information content (AvgIpc) is 2.75. The van der Waals surface area contributed by atoms with Crippen molar-refractivity contribution in [3.05, 3.63) is 0 Å². The molecule has 0 aliphatic carbocycles. The first-order chi connectivity index (χ1) is 8.00. The first-order valence-electron chi connectivity index (χ1n) is 6.91. The summed E-state index contributed by atoms with van der Waals surface area (Å²) in [5.74, 6) is -0.0162. The summed E-state index contributed by atoms with van der Waals surface area (Å²) < 4.78 is 5.48. The van der Waals surface area contributed by atoms with Gasteiger partial charge in [-0.1, -0.05) is 27.7 Å². The minimum absolute atomic E-state index is 0.0162. The highest BCUT2D eigenvalue weighted by molar-refractivity contribution is 5.76. The van der Waals surface area contributed by atoms with Gasteiger partial charge >= 0.3 is 5.97 Å². The Morgan fingerprint density at radius 2 is 2.12 bits per heavy atom. The Morgan fingerprint density at radius 1 is 1.41 bits per heavy atom. The molecule has 1 atom stereocenters. The molecule has 17 heavy (non-hydrogen) atoms. The second-order valence-electron chi connectivity index (χ2n) is 5.82. The molecule has 3 heteroatoms. The molecule has 0 spiro atoms. The van der Waals surface area contributed by atoms with Crippen LogP contribution in [0.25, 0.3) is 0 Å². The summed E-state index contributed by atoms with van der Waals surface area (Å²) in [6.07, 6.45) is 4.22. The predicted octanol–water partition coefficient (Wildman–Crippen LogP) is 2.84. The Bertz CT molecular complexity index is 251. The second-order valence-corrected chi connectivity index (χ2v) is 5.82. The first-order valence-corrected chi connectivity index (χ1v) is 6.91. The zero-order chi connectivity index (χ0) is 12.9. The summed E-state index contributed by atoms with van der Waals surface area (Å²) in [4.78, 5) is 14.3. The fraction of sp³-hybridized carbons (Fsp3) is 0.929. The molecule has 0 saturated carbocycles. The molecule has 0 aromatic rings. The normalized spacial score (nSPS) is 21.8. The maximum Gasteiger partial charge on any atom is 0.323 e. The molecule has 0 N–H and O–H groups in total. The van der Waals surface area contributed by atoms with Crippen LogP contribution in [0, 0.1) is 5.41 Å². The van der Waals surface area contributed by atoms with Gasteiger partial charge in [0.1, 0.15) is 6.04 Å². The Morgan fingerprint density at radius 3 is 2.71 bits per heavy atom. The molecule has 0 bridgehead atoms. The van der Waals surface area contributed by atoms with Crippen LogP contribution in [0.3, 0.4) is 0 Å². The topological polar surface area (TPSA) is 29.5 Å². The van der Waals surface area contributed by atoms with Crippen LogP contribution in [0.15, 0.2) is 0 Å². The van der Waals surface area contributed by atoms with E-state index in [9.17, 15) is 4.79 Å². The minimum Gasteiger partial charge on any atom is -0.464 e. The summed E-state index contributed by atoms with van der Waals surface area (Å²) in [5, 5.41) is 0. The third-order valence-corrected chi connectivity index (χ3v) is 3.71. The molecule has 1 aliphatic rings. The molecule has 1 saturated heterocycles. The van der Waals surface area contributed by atoms with Gasteiger partial charge in [0.2, 0.25) is 0 Å². The van der Waals surface area contributed by atoms with Crippen molar-refractivity contribution in [3.8, 4) is 0 Å². The molecule has 0 amide bonds. The van der Waals surface area contributed by atoms with Crippen molar-refractivity contribution in [2.75, 3.05) is 19.7 Å². The van der Waals surface area contributed by atoms with Gasteiger partial charge in [0.25, 0.3) is 0 Å². The molecule has 0 aromatic heterocycles. The van der Waals surface area contributed by atoms with Crippen molar-refractivity contribution < 1.29 is 9.53 Å². The van der Waals surface area contributed by atoms with Crippen molar-refractivity contribution in [1.29, 1.82) is 0 Å². The Balaban J connectivity index is 2.41. The van der Waals surface area contributed by atoms with Crippen LogP contribution >= 0.6 is 0 Å². The molecule has 1 aliphatic heterocycles. The van der Waals surface area contributed by atoms with Gasteiger partial charge < -0.3 is 4.74 Å². The van der Waals surface area contributed by atoms with Gasteiger partial charge in [-0.3, -0.25) is 9.69 Å². The van der Waals surface area contributed by atoms with Gasteiger partial charge in [-0.05, 0) is 44.2 Å². The molecule has 1 unspecified atom stereocenters. The van der Waals surface area contributed by atoms with Gasteiger partial charge in [0.05, 0.1) is 6.61 Å². The lowest BCUT2D eigenvalue weighted by molar-refractivity contribution is -0.152. The van der Waals surface area contributed by atoms with Crippen molar-refractivity contribution in [3.63, 3.8) is 0 Å². The van der Waals surface area contributed by atoms with Crippen LogP contribution in [0.1, 0.15) is 53.4 Å². The average molecular weight is 241 g/mol. The summed E-state index contributed by atoms with van der Waals surface area (Å²) in [6, 6.07) is 0.0163. The Kier molecular flexibility index (Phi) is 5.44. The van der Waals surface area contributed by atoms with Crippen LogP contribution in [-0.2, 0) is 9.53 Å². The van der Waals surface area contributed by atoms with Gasteiger partial charge in [0.15, 0.2) is 0 Å². The fourth-order valence-electron chi connectivity index (χ4n) is 2.11. The number of nitrogens with zero attached hydrogens (tertiary/aromatic N) is 1. The Labute approximate surface area is 106 Å². The van der Waals surface area contributed by atoms with Gasteiger partial charge in [-0.25, -0.2) is 0 Å². The second kappa shape index (κ2) is 6.39. The molecule has 100 valence electrons. The largest absolute Gasteiger partial charge is 0.464 e. The summed E-state index contributed by atoms with van der Waals surface area (Å²) in [5.41, 5.74) is 0.101. The van der Waals surface area contributed by atoms with E-state index >= 15 is 0 Å². The summed E-state index contributed by atoms with van der Waals surface area (Å²) in [7, 11) is 0. The molecule has 3 nitrogen and oxygen atoms in total. The number of esters is 1. The van der Waals surface area contributed by atoms with E-state index in [1.807, 2.05) is 0 Å². The van der Waals surface area contributed by atoms with E-state index in [2.05, 4.69) is 32.6 Å². The lowest BCUT2D eigenvalue weighted by atomic mass is 9.92. The number of ether oxygens (including phenoxy) is 1. The maximum absolute atomic E-state index is 12.0. The van der Waals surface area contributed by atoms with Crippen molar-refractivity contribution in [2.24, 2.45) is 5.41 Å². The zero-order valence-corrected chi connectivity index (χ0v) is 11.8. The summed E-state index contributed by atoms with van der Waals surface area (Å²) >= 11 is 0. The molecule has 1 heterocycles. The number of carbonyl (C=O) groups excluding carboxylic acids is 1. The highest BCUT2D eigenvalue weighted by atomic mass is 16.5. The third kappa shape index (κ3) is 4.30. The van der Waals surface area contributed by atoms with Crippen LogP contribution in [0.4, 0.5) is 0 Å². The van der Waals surface area contributed by atoms with Gasteiger partial charge in [0, 0.05) is 0 Å². The predicted molar refractivity (Wildman–Crippen MR) is 69.9 cm³/mol. The van der Waals surface area contributed by atoms with E-state index in [1.165, 1.54) is 0 Å². The number of hydrogen-bond donors (Lipinski definition) is 0. The molecule has 1 rings (SSSR count). The molecular weight excluding hydrogens is 214 g/mol. The minimum atomic E-state index is -0.0162. The number of hydrogen-bond acceptors (Lipinski definition) is 3. The number of likely N-dealkylation sites (tertiary alicyclic amines) is 1. The van der Waals surface area contributed by atoms with Crippen molar-refractivity contribution >= 4 is 5.97 Å². The first kappa shape index (κ1) is 14.5. The lowest BCUT2D eigenvalue weighted by Crippen LogP contribution is -2.38. The van der Waals surface area contributed by atoms with Gasteiger partial charge in [-0.15, -0.1) is 0 Å². The monoisotopic (exact) mass is 241 g/mol. The quantitative estimate of drug-likeness (QED) is 0.670. The van der Waals surface area contributed by atoms with E-state index < -0.39 is 0 Å². The number of carbonyl (C=O) groups is 1. The highest BCUT2D eigenvalue weighted by Crippen LogP contribution is 2.22.